The molecule has 11 heteroatoms. The summed E-state index contributed by atoms with van der Waals surface area (Å²) in [6.45, 7) is 2.02. The van der Waals surface area contributed by atoms with Gasteiger partial charge in [0.1, 0.15) is 13.3 Å². The van der Waals surface area contributed by atoms with E-state index >= 15 is 0 Å². The first-order valence-electron chi connectivity index (χ1n) is 10.9. The summed E-state index contributed by atoms with van der Waals surface area (Å²) in [5.74, 6) is 2.99. The number of halogens is 1. The lowest BCUT2D eigenvalue weighted by Crippen LogP contribution is -2.34. The Kier molecular flexibility index (Phi) is 7.24. The first-order valence-corrected chi connectivity index (χ1v) is 12.8. The van der Waals surface area contributed by atoms with E-state index in [1.165, 1.54) is 18.7 Å². The highest BCUT2D eigenvalue weighted by atomic mass is 32.2. The Bertz CT molecular complexity index is 976. The summed E-state index contributed by atoms with van der Waals surface area (Å²) in [7, 11) is -3.24. The number of rotatable bonds is 11. The number of sulfone groups is 1. The van der Waals surface area contributed by atoms with Crippen LogP contribution in [-0.2, 0) is 21.2 Å². The quantitative estimate of drug-likeness (QED) is 0.460. The lowest BCUT2D eigenvalue weighted by Gasteiger charge is -2.30. The van der Waals surface area contributed by atoms with E-state index in [9.17, 15) is 12.8 Å². The fourth-order valence-corrected chi connectivity index (χ4v) is 4.89. The summed E-state index contributed by atoms with van der Waals surface area (Å²) < 4.78 is 51.2. The van der Waals surface area contributed by atoms with Gasteiger partial charge in [-0.1, -0.05) is 5.16 Å². The van der Waals surface area contributed by atoms with Crippen LogP contribution in [0.3, 0.4) is 0 Å². The molecule has 0 N–H and O–H groups in total. The monoisotopic (exact) mass is 468 g/mol. The van der Waals surface area contributed by atoms with Crippen molar-refractivity contribution in [3.05, 3.63) is 24.2 Å². The first kappa shape index (κ1) is 22.9. The van der Waals surface area contributed by atoms with E-state index in [0.29, 0.717) is 36.2 Å². The van der Waals surface area contributed by atoms with Crippen LogP contribution in [0.2, 0.25) is 0 Å². The fraction of sp³-hybridized carbons (Fsp3) is 0.667. The van der Waals surface area contributed by atoms with Gasteiger partial charge in [0.2, 0.25) is 5.88 Å². The molecule has 0 aromatic carbocycles. The Morgan fingerprint density at radius 1 is 1.25 bits per heavy atom. The van der Waals surface area contributed by atoms with Gasteiger partial charge in [-0.25, -0.2) is 17.8 Å². The molecule has 0 amide bonds. The van der Waals surface area contributed by atoms with Crippen LogP contribution in [-0.4, -0.2) is 62.8 Å². The number of hydrogen-bond acceptors (Lipinski definition) is 9. The van der Waals surface area contributed by atoms with Crippen LogP contribution in [0.1, 0.15) is 31.5 Å². The summed E-state index contributed by atoms with van der Waals surface area (Å²) in [6, 6.07) is 3.64. The Morgan fingerprint density at radius 3 is 2.75 bits per heavy atom. The molecule has 2 fully saturated rings. The maximum atomic E-state index is 12.1. The van der Waals surface area contributed by atoms with Crippen molar-refractivity contribution in [2.75, 3.05) is 44.1 Å². The number of pyridine rings is 1. The number of piperidine rings is 1. The molecule has 9 nitrogen and oxygen atoms in total. The molecule has 2 atom stereocenters. The summed E-state index contributed by atoms with van der Waals surface area (Å²) in [6.07, 6.45) is 6.88. The molecule has 0 unspecified atom stereocenters. The molecule has 1 saturated carbocycles. The van der Waals surface area contributed by atoms with Crippen LogP contribution >= 0.6 is 0 Å². The Balaban J connectivity index is 1.15. The summed E-state index contributed by atoms with van der Waals surface area (Å²) >= 11 is 0. The molecule has 2 aromatic rings. The van der Waals surface area contributed by atoms with Crippen molar-refractivity contribution in [2.24, 2.45) is 17.8 Å². The van der Waals surface area contributed by atoms with Gasteiger partial charge >= 0.3 is 6.01 Å². The molecule has 1 aliphatic carbocycles. The van der Waals surface area contributed by atoms with Crippen molar-refractivity contribution in [1.82, 2.24) is 15.1 Å². The van der Waals surface area contributed by atoms with Crippen molar-refractivity contribution >= 4 is 15.9 Å². The average molecular weight is 469 g/mol. The van der Waals surface area contributed by atoms with Crippen LogP contribution < -0.4 is 9.64 Å². The lowest BCUT2D eigenvalue weighted by atomic mass is 9.91. The van der Waals surface area contributed by atoms with E-state index in [1.807, 2.05) is 0 Å². The van der Waals surface area contributed by atoms with Crippen molar-refractivity contribution in [3.63, 3.8) is 0 Å². The van der Waals surface area contributed by atoms with E-state index < -0.39 is 16.5 Å². The molecule has 2 aliphatic rings. The first-order chi connectivity index (χ1) is 15.4. The van der Waals surface area contributed by atoms with Crippen molar-refractivity contribution in [3.8, 4) is 5.88 Å². The van der Waals surface area contributed by atoms with Crippen molar-refractivity contribution in [2.45, 2.75) is 37.2 Å². The second-order valence-electron chi connectivity index (χ2n) is 8.46. The summed E-state index contributed by atoms with van der Waals surface area (Å²) in [5, 5.41) is 3.89. The highest BCUT2D eigenvalue weighted by Crippen LogP contribution is 2.49. The van der Waals surface area contributed by atoms with Crippen LogP contribution in [0.15, 0.2) is 27.7 Å². The molecule has 3 heterocycles. The minimum atomic E-state index is -3.24. The van der Waals surface area contributed by atoms with Gasteiger partial charge in [-0.2, -0.15) is 4.98 Å². The predicted octanol–water partition coefficient (Wildman–Crippen LogP) is 2.68. The topological polar surface area (TPSA) is 108 Å². The van der Waals surface area contributed by atoms with Crippen LogP contribution in [0.25, 0.3) is 0 Å². The third-order valence-electron chi connectivity index (χ3n) is 6.18. The zero-order valence-corrected chi connectivity index (χ0v) is 19.0. The molecule has 0 radical (unpaired) electrons. The van der Waals surface area contributed by atoms with Gasteiger partial charge < -0.3 is 18.9 Å². The zero-order valence-electron chi connectivity index (χ0n) is 18.2. The van der Waals surface area contributed by atoms with Crippen molar-refractivity contribution in [1.29, 1.82) is 0 Å². The molecule has 32 heavy (non-hydrogen) atoms. The smallest absolute Gasteiger partial charge is 0.324 e. The third kappa shape index (κ3) is 5.94. The van der Waals surface area contributed by atoms with Crippen LogP contribution in [0, 0.1) is 17.8 Å². The molecule has 4 rings (SSSR count). The van der Waals surface area contributed by atoms with Gasteiger partial charge in [-0.05, 0) is 49.5 Å². The van der Waals surface area contributed by atoms with E-state index in [2.05, 4.69) is 20.0 Å². The molecule has 1 aliphatic heterocycles. The predicted molar refractivity (Wildman–Crippen MR) is 114 cm³/mol. The van der Waals surface area contributed by atoms with E-state index in [4.69, 9.17) is 14.0 Å². The molecular formula is C21H29FN4O5S. The van der Waals surface area contributed by atoms with E-state index in [0.717, 1.165) is 44.5 Å². The number of hydrogen-bond donors (Lipinski definition) is 0. The van der Waals surface area contributed by atoms with Gasteiger partial charge in [0.25, 0.3) is 0 Å². The summed E-state index contributed by atoms with van der Waals surface area (Å²) in [5.41, 5.74) is 0. The normalized spacial score (nSPS) is 21.6. The van der Waals surface area contributed by atoms with Gasteiger partial charge in [-0.3, -0.25) is 0 Å². The lowest BCUT2D eigenvalue weighted by molar-refractivity contribution is 0.100. The summed E-state index contributed by atoms with van der Waals surface area (Å²) in [4.78, 5) is 10.7. The second kappa shape index (κ2) is 10.1. The average Bonchev–Trinajstić information content (AvgIpc) is 3.40. The number of aromatic nitrogens is 3. The second-order valence-corrected chi connectivity index (χ2v) is 10.5. The standard InChI is InChI=1S/C21H29FN4O5S/c1-32(27,28)17-2-3-20(23-13-17)30-10-6-16-12-18(16)15-4-8-26(9-5-15)21-24-19(25-31-21)14-29-11-7-22/h2-3,13,15-16,18H,4-12,14H2,1H3/t16-,18-/m1/s1. The fourth-order valence-electron chi connectivity index (χ4n) is 4.34. The molecule has 176 valence electrons. The minimum Gasteiger partial charge on any atom is -0.478 e. The highest BCUT2D eigenvalue weighted by Gasteiger charge is 2.43. The van der Waals surface area contributed by atoms with Gasteiger partial charge in [0, 0.05) is 31.6 Å². The van der Waals surface area contributed by atoms with Crippen LogP contribution in [0.5, 0.6) is 5.88 Å². The highest BCUT2D eigenvalue weighted by molar-refractivity contribution is 7.90. The molecule has 0 spiro atoms. The zero-order chi connectivity index (χ0) is 22.6. The maximum Gasteiger partial charge on any atom is 0.324 e. The number of alkyl halides is 1. The van der Waals surface area contributed by atoms with E-state index in [-0.39, 0.29) is 18.1 Å². The van der Waals surface area contributed by atoms with Crippen molar-refractivity contribution < 1.29 is 26.8 Å². The number of anilines is 1. The molecule has 0 bridgehead atoms. The third-order valence-corrected chi connectivity index (χ3v) is 7.28. The Hall–Kier alpha value is -2.27. The number of nitrogens with zero attached hydrogens (tertiary/aromatic N) is 4. The largest absolute Gasteiger partial charge is 0.478 e. The van der Waals surface area contributed by atoms with Gasteiger partial charge in [0.05, 0.1) is 18.1 Å². The van der Waals surface area contributed by atoms with E-state index in [1.54, 1.807) is 6.07 Å². The maximum absolute atomic E-state index is 12.1. The Morgan fingerprint density at radius 2 is 2.06 bits per heavy atom. The molecular weight excluding hydrogens is 439 g/mol. The Labute approximate surface area is 187 Å². The molecule has 1 saturated heterocycles. The van der Waals surface area contributed by atoms with Crippen LogP contribution in [0.4, 0.5) is 10.4 Å². The van der Waals surface area contributed by atoms with Gasteiger partial charge in [0.15, 0.2) is 15.7 Å². The SMILES string of the molecule is CS(=O)(=O)c1ccc(OCC[C@@H]2C[C@@H]2C2CCN(c3nc(COCCF)no3)CC2)nc1. The molecule has 2 aromatic heterocycles. The number of ether oxygens (including phenoxy) is 2. The minimum absolute atomic E-state index is 0.0365. The van der Waals surface area contributed by atoms with Gasteiger partial charge in [-0.15, -0.1) is 0 Å².